The van der Waals surface area contributed by atoms with Crippen LogP contribution in [0.3, 0.4) is 0 Å². The standard InChI is InChI=1S/C24H34N4O2.HI/c1-18-15-28(16-19(2)30-18)17-22-8-6-5-7-21(22)14-27-24(25-3)26-13-20-9-11-23(29-4)12-10-20;/h5-12,18-19H,13-17H2,1-4H3,(H2,25,26,27);1H. The van der Waals surface area contributed by atoms with Gasteiger partial charge in [-0.3, -0.25) is 9.89 Å². The zero-order valence-electron chi connectivity index (χ0n) is 18.9. The summed E-state index contributed by atoms with van der Waals surface area (Å²) in [6.45, 7) is 8.61. The Balaban J connectivity index is 0.00000341. The maximum atomic E-state index is 5.87. The summed E-state index contributed by atoms with van der Waals surface area (Å²) in [7, 11) is 3.48. The van der Waals surface area contributed by atoms with Crippen molar-refractivity contribution in [3.8, 4) is 5.75 Å². The van der Waals surface area contributed by atoms with Gasteiger partial charge in [-0.25, -0.2) is 0 Å². The molecule has 6 nitrogen and oxygen atoms in total. The average Bonchev–Trinajstić information content (AvgIpc) is 2.74. The molecular formula is C24H35IN4O2. The number of ether oxygens (including phenoxy) is 2. The summed E-state index contributed by atoms with van der Waals surface area (Å²) in [5, 5.41) is 6.82. The SMILES string of the molecule is CN=C(NCc1ccc(OC)cc1)NCc1ccccc1CN1CC(C)OC(C)C1.I. The molecule has 3 rings (SSSR count). The molecule has 1 aliphatic rings. The molecule has 31 heavy (non-hydrogen) atoms. The Bertz CT molecular complexity index is 819. The maximum absolute atomic E-state index is 5.87. The molecule has 7 heteroatoms. The Morgan fingerprint density at radius 1 is 1.00 bits per heavy atom. The van der Waals surface area contributed by atoms with Crippen LogP contribution in [0.25, 0.3) is 0 Å². The predicted molar refractivity (Wildman–Crippen MR) is 137 cm³/mol. The summed E-state index contributed by atoms with van der Waals surface area (Å²) in [6.07, 6.45) is 0.556. The summed E-state index contributed by atoms with van der Waals surface area (Å²) in [4.78, 5) is 6.84. The number of hydrogen-bond acceptors (Lipinski definition) is 4. The van der Waals surface area contributed by atoms with E-state index in [1.165, 1.54) is 16.7 Å². The van der Waals surface area contributed by atoms with E-state index in [4.69, 9.17) is 9.47 Å². The Morgan fingerprint density at radius 2 is 1.61 bits per heavy atom. The molecule has 0 amide bonds. The van der Waals surface area contributed by atoms with Gasteiger partial charge in [0.15, 0.2) is 5.96 Å². The fraction of sp³-hybridized carbons (Fsp3) is 0.458. The van der Waals surface area contributed by atoms with Gasteiger partial charge in [-0.15, -0.1) is 24.0 Å². The molecule has 1 heterocycles. The number of halogens is 1. The van der Waals surface area contributed by atoms with Crippen LogP contribution < -0.4 is 15.4 Å². The zero-order valence-corrected chi connectivity index (χ0v) is 21.3. The van der Waals surface area contributed by atoms with E-state index in [0.717, 1.165) is 37.9 Å². The second kappa shape index (κ2) is 12.9. The maximum Gasteiger partial charge on any atom is 0.191 e. The second-order valence-electron chi connectivity index (χ2n) is 7.85. The van der Waals surface area contributed by atoms with Gasteiger partial charge >= 0.3 is 0 Å². The molecule has 170 valence electrons. The molecule has 2 unspecified atom stereocenters. The van der Waals surface area contributed by atoms with Crippen LogP contribution in [-0.2, 0) is 24.4 Å². The quantitative estimate of drug-likeness (QED) is 0.319. The van der Waals surface area contributed by atoms with Gasteiger partial charge in [0, 0.05) is 39.8 Å². The Hall–Kier alpha value is -1.84. The van der Waals surface area contributed by atoms with E-state index in [0.29, 0.717) is 6.54 Å². The normalized spacial score (nSPS) is 19.4. The minimum Gasteiger partial charge on any atom is -0.497 e. The number of methoxy groups -OCH3 is 1. The van der Waals surface area contributed by atoms with Crippen LogP contribution in [0.1, 0.15) is 30.5 Å². The van der Waals surface area contributed by atoms with E-state index in [2.05, 4.69) is 70.8 Å². The van der Waals surface area contributed by atoms with Crippen molar-refractivity contribution in [2.45, 2.75) is 45.7 Å². The fourth-order valence-corrected chi connectivity index (χ4v) is 3.87. The highest BCUT2D eigenvalue weighted by atomic mass is 127. The highest BCUT2D eigenvalue weighted by molar-refractivity contribution is 14.0. The van der Waals surface area contributed by atoms with E-state index in [1.54, 1.807) is 14.2 Å². The predicted octanol–water partition coefficient (Wildman–Crippen LogP) is 3.79. The molecule has 0 radical (unpaired) electrons. The minimum atomic E-state index is 0. The molecule has 0 aromatic heterocycles. The Kier molecular flexibility index (Phi) is 10.6. The molecule has 0 saturated carbocycles. The van der Waals surface area contributed by atoms with Crippen molar-refractivity contribution in [2.75, 3.05) is 27.2 Å². The lowest BCUT2D eigenvalue weighted by atomic mass is 10.1. The number of nitrogens with zero attached hydrogens (tertiary/aromatic N) is 2. The van der Waals surface area contributed by atoms with Crippen LogP contribution in [0.5, 0.6) is 5.75 Å². The van der Waals surface area contributed by atoms with Crippen molar-refractivity contribution in [3.63, 3.8) is 0 Å². The van der Waals surface area contributed by atoms with Crippen molar-refractivity contribution in [1.29, 1.82) is 0 Å². The van der Waals surface area contributed by atoms with Gasteiger partial charge in [0.25, 0.3) is 0 Å². The van der Waals surface area contributed by atoms with Crippen molar-refractivity contribution in [1.82, 2.24) is 15.5 Å². The molecule has 0 bridgehead atoms. The number of nitrogens with one attached hydrogen (secondary N) is 2. The summed E-state index contributed by atoms with van der Waals surface area (Å²) in [5.41, 5.74) is 3.81. The Morgan fingerprint density at radius 3 is 2.23 bits per heavy atom. The van der Waals surface area contributed by atoms with E-state index in [-0.39, 0.29) is 36.2 Å². The van der Waals surface area contributed by atoms with Gasteiger partial charge in [-0.2, -0.15) is 0 Å². The van der Waals surface area contributed by atoms with Crippen LogP contribution in [0.4, 0.5) is 0 Å². The van der Waals surface area contributed by atoms with Gasteiger partial charge < -0.3 is 20.1 Å². The summed E-state index contributed by atoms with van der Waals surface area (Å²) in [6, 6.07) is 16.7. The highest BCUT2D eigenvalue weighted by Gasteiger charge is 2.22. The average molecular weight is 538 g/mol. The van der Waals surface area contributed by atoms with Gasteiger partial charge in [0.1, 0.15) is 5.75 Å². The lowest BCUT2D eigenvalue weighted by Gasteiger charge is -2.35. The monoisotopic (exact) mass is 538 g/mol. The molecule has 1 fully saturated rings. The van der Waals surface area contributed by atoms with Crippen molar-refractivity contribution < 1.29 is 9.47 Å². The minimum absolute atomic E-state index is 0. The number of morpholine rings is 1. The first kappa shape index (κ1) is 25.4. The Labute approximate surface area is 203 Å². The first-order valence-corrected chi connectivity index (χ1v) is 10.6. The third-order valence-corrected chi connectivity index (χ3v) is 5.30. The second-order valence-corrected chi connectivity index (χ2v) is 7.85. The van der Waals surface area contributed by atoms with E-state index >= 15 is 0 Å². The molecule has 0 spiro atoms. The molecule has 2 N–H and O–H groups in total. The number of benzene rings is 2. The van der Waals surface area contributed by atoms with E-state index in [9.17, 15) is 0 Å². The van der Waals surface area contributed by atoms with Gasteiger partial charge in [-0.05, 0) is 42.7 Å². The van der Waals surface area contributed by atoms with Crippen LogP contribution >= 0.6 is 24.0 Å². The van der Waals surface area contributed by atoms with Crippen LogP contribution in [0, 0.1) is 0 Å². The summed E-state index contributed by atoms with van der Waals surface area (Å²) >= 11 is 0. The summed E-state index contributed by atoms with van der Waals surface area (Å²) in [5.74, 6) is 1.65. The first-order chi connectivity index (χ1) is 14.6. The topological polar surface area (TPSA) is 58.1 Å². The number of hydrogen-bond donors (Lipinski definition) is 2. The molecule has 0 aliphatic carbocycles. The van der Waals surface area contributed by atoms with Gasteiger partial charge in [0.05, 0.1) is 19.3 Å². The molecule has 1 aliphatic heterocycles. The largest absolute Gasteiger partial charge is 0.497 e. The van der Waals surface area contributed by atoms with Crippen LogP contribution in [0.15, 0.2) is 53.5 Å². The van der Waals surface area contributed by atoms with Crippen molar-refractivity contribution >= 4 is 29.9 Å². The van der Waals surface area contributed by atoms with E-state index < -0.39 is 0 Å². The highest BCUT2D eigenvalue weighted by Crippen LogP contribution is 2.17. The molecular weight excluding hydrogens is 503 g/mol. The number of aliphatic imine (C=N–C) groups is 1. The lowest BCUT2D eigenvalue weighted by molar-refractivity contribution is -0.0705. The molecule has 2 atom stereocenters. The first-order valence-electron chi connectivity index (χ1n) is 10.6. The zero-order chi connectivity index (χ0) is 21.3. The van der Waals surface area contributed by atoms with Gasteiger partial charge in [0.2, 0.25) is 0 Å². The van der Waals surface area contributed by atoms with E-state index in [1.807, 2.05) is 12.1 Å². The van der Waals surface area contributed by atoms with Crippen LogP contribution in [-0.4, -0.2) is 50.3 Å². The third kappa shape index (κ3) is 7.97. The molecule has 2 aromatic rings. The van der Waals surface area contributed by atoms with Crippen molar-refractivity contribution in [3.05, 3.63) is 65.2 Å². The third-order valence-electron chi connectivity index (χ3n) is 5.30. The van der Waals surface area contributed by atoms with Crippen molar-refractivity contribution in [2.24, 2.45) is 4.99 Å². The lowest BCUT2D eigenvalue weighted by Crippen LogP contribution is -2.45. The molecule has 1 saturated heterocycles. The summed E-state index contributed by atoms with van der Waals surface area (Å²) < 4.78 is 11.1. The smallest absolute Gasteiger partial charge is 0.191 e. The number of rotatable bonds is 7. The number of guanidine groups is 1. The van der Waals surface area contributed by atoms with Gasteiger partial charge in [-0.1, -0.05) is 36.4 Å². The van der Waals surface area contributed by atoms with Crippen LogP contribution in [0.2, 0.25) is 0 Å². The molecule has 2 aromatic carbocycles. The fourth-order valence-electron chi connectivity index (χ4n) is 3.87.